The molecule has 0 aliphatic carbocycles. The van der Waals surface area contributed by atoms with Crippen molar-refractivity contribution in [3.63, 3.8) is 0 Å². The molecule has 1 aromatic carbocycles. The Balaban J connectivity index is 3.35. The summed E-state index contributed by atoms with van der Waals surface area (Å²) in [7, 11) is 1.10. The topological polar surface area (TPSA) is 35.2 Å². The Kier molecular flexibility index (Phi) is 3.61. The van der Waals surface area contributed by atoms with E-state index >= 15 is 0 Å². The van der Waals surface area contributed by atoms with E-state index in [-0.39, 0.29) is 5.75 Å². The van der Waals surface area contributed by atoms with Gasteiger partial charge in [-0.05, 0) is 18.2 Å². The molecule has 0 saturated heterocycles. The molecule has 7 heteroatoms. The fourth-order valence-corrected chi connectivity index (χ4v) is 1.28. The molecule has 2 N–H and O–H groups in total. The molecule has 17 heavy (non-hydrogen) atoms. The molecule has 0 amide bonds. The van der Waals surface area contributed by atoms with Gasteiger partial charge in [-0.3, -0.25) is 0 Å². The van der Waals surface area contributed by atoms with E-state index in [1.807, 2.05) is 0 Å². The number of halogens is 5. The van der Waals surface area contributed by atoms with Crippen LogP contribution in [0.25, 0.3) is 0 Å². The van der Waals surface area contributed by atoms with Gasteiger partial charge in [0, 0.05) is 0 Å². The van der Waals surface area contributed by atoms with Crippen LogP contribution in [0.2, 0.25) is 0 Å². The summed E-state index contributed by atoms with van der Waals surface area (Å²) < 4.78 is 68.4. The van der Waals surface area contributed by atoms with Gasteiger partial charge in [0.2, 0.25) is 0 Å². The molecule has 2 nitrogen and oxygen atoms in total. The monoisotopic (exact) mass is 255 g/mol. The first-order valence-corrected chi connectivity index (χ1v) is 4.56. The minimum atomic E-state index is -4.69. The zero-order valence-corrected chi connectivity index (χ0v) is 8.81. The first-order valence-electron chi connectivity index (χ1n) is 4.56. The quantitative estimate of drug-likeness (QED) is 0.843. The smallest absolute Gasteiger partial charge is 0.416 e. The van der Waals surface area contributed by atoms with Crippen molar-refractivity contribution in [3.05, 3.63) is 29.3 Å². The summed E-state index contributed by atoms with van der Waals surface area (Å²) in [5, 5.41) is 0. The van der Waals surface area contributed by atoms with Gasteiger partial charge in [0.15, 0.2) is 0 Å². The number of benzene rings is 1. The zero-order chi connectivity index (χ0) is 13.3. The molecule has 0 heterocycles. The lowest BCUT2D eigenvalue weighted by atomic mass is 10.0. The molecule has 1 aromatic rings. The number of hydrogen-bond donors (Lipinski definition) is 1. The first kappa shape index (κ1) is 13.7. The molecule has 96 valence electrons. The van der Waals surface area contributed by atoms with Crippen LogP contribution in [0.1, 0.15) is 11.1 Å². The van der Waals surface area contributed by atoms with E-state index in [1.165, 1.54) is 0 Å². The standard InChI is InChI=1S/C10H10F5NO/c1-17-8-3-2-6(10(13,14)15)4-7(8)9(11,12)5-16/h2-4H,5,16H2,1H3. The minimum Gasteiger partial charge on any atom is -0.496 e. The third-order valence-electron chi connectivity index (χ3n) is 2.18. The number of methoxy groups -OCH3 is 1. The van der Waals surface area contributed by atoms with Crippen molar-refractivity contribution < 1.29 is 26.7 Å². The van der Waals surface area contributed by atoms with Gasteiger partial charge in [0.05, 0.1) is 24.8 Å². The molecular formula is C10H10F5NO. The van der Waals surface area contributed by atoms with Crippen LogP contribution < -0.4 is 10.5 Å². The maximum Gasteiger partial charge on any atom is 0.416 e. The Morgan fingerprint density at radius 3 is 2.18 bits per heavy atom. The van der Waals surface area contributed by atoms with Gasteiger partial charge in [-0.25, -0.2) is 0 Å². The van der Waals surface area contributed by atoms with E-state index in [9.17, 15) is 22.0 Å². The maximum atomic E-state index is 13.3. The highest BCUT2D eigenvalue weighted by atomic mass is 19.4. The van der Waals surface area contributed by atoms with Crippen molar-refractivity contribution in [2.24, 2.45) is 5.73 Å². The van der Waals surface area contributed by atoms with Crippen LogP contribution in [0.3, 0.4) is 0 Å². The second-order valence-electron chi connectivity index (χ2n) is 3.32. The van der Waals surface area contributed by atoms with Gasteiger partial charge >= 0.3 is 6.18 Å². The summed E-state index contributed by atoms with van der Waals surface area (Å²) in [6.45, 7) is -1.09. The number of hydrogen-bond acceptors (Lipinski definition) is 2. The van der Waals surface area contributed by atoms with Crippen LogP contribution in [0.15, 0.2) is 18.2 Å². The molecule has 0 atom stereocenters. The molecule has 1 rings (SSSR count). The first-order chi connectivity index (χ1) is 7.72. The lowest BCUT2D eigenvalue weighted by molar-refractivity contribution is -0.137. The fraction of sp³-hybridized carbons (Fsp3) is 0.400. The largest absolute Gasteiger partial charge is 0.496 e. The van der Waals surface area contributed by atoms with Crippen LogP contribution in [0.5, 0.6) is 5.75 Å². The molecule has 0 aromatic heterocycles. The molecule has 0 unspecified atom stereocenters. The highest BCUT2D eigenvalue weighted by molar-refractivity contribution is 5.41. The summed E-state index contributed by atoms with van der Waals surface area (Å²) in [6, 6.07) is 1.88. The van der Waals surface area contributed by atoms with Crippen molar-refractivity contribution in [3.8, 4) is 5.75 Å². The zero-order valence-electron chi connectivity index (χ0n) is 8.81. The number of nitrogens with two attached hydrogens (primary N) is 1. The predicted molar refractivity (Wildman–Crippen MR) is 50.9 cm³/mol. The van der Waals surface area contributed by atoms with Gasteiger partial charge in [0.25, 0.3) is 5.92 Å². The summed E-state index contributed by atoms with van der Waals surface area (Å²) in [5.74, 6) is -3.89. The van der Waals surface area contributed by atoms with Gasteiger partial charge in [-0.1, -0.05) is 0 Å². The summed E-state index contributed by atoms with van der Waals surface area (Å²) in [5.41, 5.74) is 2.81. The van der Waals surface area contributed by atoms with E-state index in [4.69, 9.17) is 5.73 Å². The average Bonchev–Trinajstić information content (AvgIpc) is 2.27. The van der Waals surface area contributed by atoms with E-state index in [0.29, 0.717) is 12.1 Å². The van der Waals surface area contributed by atoms with Gasteiger partial charge in [-0.15, -0.1) is 0 Å². The van der Waals surface area contributed by atoms with Crippen LogP contribution >= 0.6 is 0 Å². The number of ether oxygens (including phenoxy) is 1. The van der Waals surface area contributed by atoms with E-state index in [1.54, 1.807) is 0 Å². The Morgan fingerprint density at radius 2 is 1.76 bits per heavy atom. The average molecular weight is 255 g/mol. The number of alkyl halides is 5. The summed E-state index contributed by atoms with van der Waals surface area (Å²) in [4.78, 5) is 0. The van der Waals surface area contributed by atoms with Crippen molar-refractivity contribution >= 4 is 0 Å². The molecule has 0 aliphatic heterocycles. The van der Waals surface area contributed by atoms with Crippen LogP contribution in [-0.4, -0.2) is 13.7 Å². The predicted octanol–water partition coefficient (Wildman–Crippen LogP) is 2.76. The molecule has 0 saturated carbocycles. The van der Waals surface area contributed by atoms with Crippen LogP contribution in [0, 0.1) is 0 Å². The lowest BCUT2D eigenvalue weighted by Crippen LogP contribution is -2.26. The van der Waals surface area contributed by atoms with E-state index in [2.05, 4.69) is 4.74 Å². The second kappa shape index (κ2) is 4.48. The normalized spacial score (nSPS) is 12.6. The van der Waals surface area contributed by atoms with Crippen LogP contribution in [-0.2, 0) is 12.1 Å². The maximum absolute atomic E-state index is 13.3. The van der Waals surface area contributed by atoms with Crippen molar-refractivity contribution in [1.29, 1.82) is 0 Å². The van der Waals surface area contributed by atoms with Gasteiger partial charge < -0.3 is 10.5 Å². The molecular weight excluding hydrogens is 245 g/mol. The molecule has 0 bridgehead atoms. The highest BCUT2D eigenvalue weighted by Crippen LogP contribution is 2.38. The highest BCUT2D eigenvalue weighted by Gasteiger charge is 2.37. The van der Waals surface area contributed by atoms with E-state index < -0.39 is 29.8 Å². The molecule has 0 spiro atoms. The second-order valence-corrected chi connectivity index (χ2v) is 3.32. The fourth-order valence-electron chi connectivity index (χ4n) is 1.28. The van der Waals surface area contributed by atoms with Crippen molar-refractivity contribution in [2.75, 3.05) is 13.7 Å². The SMILES string of the molecule is COc1ccc(C(F)(F)F)cc1C(F)(F)CN. The van der Waals surface area contributed by atoms with E-state index in [0.717, 1.165) is 13.2 Å². The third kappa shape index (κ3) is 2.85. The Labute approximate surface area is 94.2 Å². The summed E-state index contributed by atoms with van der Waals surface area (Å²) in [6.07, 6.45) is -4.69. The molecule has 0 fully saturated rings. The third-order valence-corrected chi connectivity index (χ3v) is 2.18. The summed E-state index contributed by atoms with van der Waals surface area (Å²) >= 11 is 0. The minimum absolute atomic E-state index is 0.326. The number of rotatable bonds is 3. The Morgan fingerprint density at radius 1 is 1.18 bits per heavy atom. The van der Waals surface area contributed by atoms with Gasteiger partial charge in [0.1, 0.15) is 5.75 Å². The lowest BCUT2D eigenvalue weighted by Gasteiger charge is -2.19. The Hall–Kier alpha value is -1.37. The Bertz CT molecular complexity index is 402. The van der Waals surface area contributed by atoms with Crippen LogP contribution in [0.4, 0.5) is 22.0 Å². The van der Waals surface area contributed by atoms with Crippen molar-refractivity contribution in [2.45, 2.75) is 12.1 Å². The van der Waals surface area contributed by atoms with Crippen molar-refractivity contribution in [1.82, 2.24) is 0 Å². The molecule has 0 aliphatic rings. The van der Waals surface area contributed by atoms with Gasteiger partial charge in [-0.2, -0.15) is 22.0 Å². The molecule has 0 radical (unpaired) electrons.